The van der Waals surface area contributed by atoms with E-state index in [1.807, 2.05) is 23.6 Å². The first kappa shape index (κ1) is 32.0. The fourth-order valence-corrected chi connectivity index (χ4v) is 6.12. The minimum atomic E-state index is -3.06. The Kier molecular flexibility index (Phi) is 9.30. The molecule has 0 unspecified atom stereocenters. The Morgan fingerprint density at radius 1 is 1.09 bits per heavy atom. The number of pyridine rings is 1. The zero-order chi connectivity index (χ0) is 32.5. The monoisotopic (exact) mass is 641 g/mol. The van der Waals surface area contributed by atoms with Crippen molar-refractivity contribution < 1.29 is 27.2 Å². The van der Waals surface area contributed by atoms with Crippen molar-refractivity contribution in [2.75, 3.05) is 13.1 Å². The smallest absolute Gasteiger partial charge is 0.320 e. The van der Waals surface area contributed by atoms with Gasteiger partial charge in [0.05, 0.1) is 40.1 Å². The van der Waals surface area contributed by atoms with Gasteiger partial charge in [-0.1, -0.05) is 26.2 Å². The number of piperidine rings is 1. The highest BCUT2D eigenvalue weighted by molar-refractivity contribution is 5.98. The van der Waals surface area contributed by atoms with E-state index in [0.29, 0.717) is 40.1 Å². The third kappa shape index (κ3) is 6.47. The summed E-state index contributed by atoms with van der Waals surface area (Å²) < 4.78 is 61.7. The lowest BCUT2D eigenvalue weighted by atomic mass is 10.0. The van der Waals surface area contributed by atoms with Crippen LogP contribution in [0.4, 0.5) is 17.6 Å². The second-order valence-electron chi connectivity index (χ2n) is 12.4. The number of hydrogen-bond acceptors (Lipinski definition) is 5. The van der Waals surface area contributed by atoms with Crippen LogP contribution in [-0.2, 0) is 11.3 Å². The van der Waals surface area contributed by atoms with E-state index in [9.17, 15) is 22.8 Å². The summed E-state index contributed by atoms with van der Waals surface area (Å²) in [4.78, 5) is 34.8. The number of hydrogen-bond donors (Lipinski definition) is 3. The number of carbonyl (C=O) groups excluding carboxylic acids is 2. The molecule has 13 heteroatoms. The molecule has 2 aliphatic rings. The van der Waals surface area contributed by atoms with Crippen LogP contribution in [0, 0.1) is 11.7 Å². The molecule has 3 atom stereocenters. The van der Waals surface area contributed by atoms with Crippen molar-refractivity contribution >= 4 is 33.9 Å². The van der Waals surface area contributed by atoms with Crippen molar-refractivity contribution in [3.05, 3.63) is 47.4 Å². The molecule has 1 aliphatic heterocycles. The third-order valence-corrected chi connectivity index (χ3v) is 8.91. The number of imidazole rings is 1. The molecular formula is C33H39F4N7O2. The summed E-state index contributed by atoms with van der Waals surface area (Å²) in [7, 11) is 0. The van der Waals surface area contributed by atoms with Crippen molar-refractivity contribution in [3.8, 4) is 11.5 Å². The lowest BCUT2D eigenvalue weighted by Crippen LogP contribution is -2.52. The van der Waals surface area contributed by atoms with Gasteiger partial charge in [0.1, 0.15) is 17.6 Å². The molecule has 1 aliphatic carbocycles. The standard InChI is InChI=1S/C33H39F4N7O2/c1-3-4-5-6-13-43-28(14-20-9-10-24(40-29(20)43)18(2)39-31(45)19-7-8-19)30-41-25-15-21(23(35)16-27(25)44(30)33(36)37)32(46)42-26-17-38-12-11-22(26)34/h9-10,14-16,18-19,22,26,33,38H,3-8,11-13,17H2,1-2H3,(H,39,45)(H,42,46)/t18-,22+,26+/m1/s1. The van der Waals surface area contributed by atoms with Crippen molar-refractivity contribution in [1.29, 1.82) is 0 Å². The summed E-state index contributed by atoms with van der Waals surface area (Å²) in [6, 6.07) is 6.23. The third-order valence-electron chi connectivity index (χ3n) is 8.91. The number of nitrogens with one attached hydrogen (secondary N) is 3. The Bertz CT molecular complexity index is 1750. The average molecular weight is 642 g/mol. The summed E-state index contributed by atoms with van der Waals surface area (Å²) in [6.45, 7) is 2.05. The molecule has 2 fully saturated rings. The Morgan fingerprint density at radius 2 is 1.89 bits per heavy atom. The predicted octanol–water partition coefficient (Wildman–Crippen LogP) is 6.18. The lowest BCUT2D eigenvalue weighted by molar-refractivity contribution is -0.122. The van der Waals surface area contributed by atoms with E-state index in [1.165, 1.54) is 0 Å². The first-order valence-electron chi connectivity index (χ1n) is 16.1. The molecule has 3 N–H and O–H groups in total. The van der Waals surface area contributed by atoms with E-state index in [0.717, 1.165) is 50.7 Å². The number of aryl methyl sites for hydroxylation is 1. The van der Waals surface area contributed by atoms with Crippen LogP contribution in [-0.4, -0.2) is 56.2 Å². The van der Waals surface area contributed by atoms with Gasteiger partial charge in [0.2, 0.25) is 5.91 Å². The molecule has 46 heavy (non-hydrogen) atoms. The number of benzene rings is 1. The molecule has 9 nitrogen and oxygen atoms in total. The minimum Gasteiger partial charge on any atom is -0.348 e. The predicted molar refractivity (Wildman–Crippen MR) is 167 cm³/mol. The van der Waals surface area contributed by atoms with Gasteiger partial charge in [0.25, 0.3) is 5.91 Å². The number of aromatic nitrogens is 4. The van der Waals surface area contributed by atoms with Crippen LogP contribution in [0.3, 0.4) is 0 Å². The molecule has 3 aromatic heterocycles. The van der Waals surface area contributed by atoms with Gasteiger partial charge in [0, 0.05) is 30.5 Å². The molecule has 0 spiro atoms. The van der Waals surface area contributed by atoms with E-state index in [2.05, 4.69) is 27.9 Å². The van der Waals surface area contributed by atoms with E-state index >= 15 is 4.39 Å². The summed E-state index contributed by atoms with van der Waals surface area (Å²) in [6.07, 6.45) is 4.41. The second-order valence-corrected chi connectivity index (χ2v) is 12.4. The number of carbonyl (C=O) groups is 2. The van der Waals surface area contributed by atoms with E-state index in [4.69, 9.17) is 4.98 Å². The SMILES string of the molecule is CCCCCCn1c(-c2nc3cc(C(=O)N[C@H]4CNCC[C@@H]4F)c(F)cc3n2C(F)F)cc2ccc([C@@H](C)NC(=O)C3CC3)nc21. The van der Waals surface area contributed by atoms with Crippen LogP contribution in [0.5, 0.6) is 0 Å². The number of halogens is 4. The van der Waals surface area contributed by atoms with E-state index in [1.54, 1.807) is 6.07 Å². The van der Waals surface area contributed by atoms with Gasteiger partial charge in [-0.3, -0.25) is 14.2 Å². The molecule has 1 aromatic carbocycles. The van der Waals surface area contributed by atoms with Gasteiger partial charge in [0.15, 0.2) is 5.82 Å². The highest BCUT2D eigenvalue weighted by Gasteiger charge is 2.31. The maximum absolute atomic E-state index is 15.3. The molecule has 1 saturated carbocycles. The average Bonchev–Trinajstić information content (AvgIpc) is 3.73. The van der Waals surface area contributed by atoms with E-state index < -0.39 is 36.1 Å². The highest BCUT2D eigenvalue weighted by Crippen LogP contribution is 2.35. The normalized spacial score (nSPS) is 19.2. The number of amides is 2. The van der Waals surface area contributed by atoms with E-state index in [-0.39, 0.29) is 47.7 Å². The van der Waals surface area contributed by atoms with Gasteiger partial charge >= 0.3 is 6.55 Å². The zero-order valence-electron chi connectivity index (χ0n) is 26.0. The van der Waals surface area contributed by atoms with Crippen LogP contribution < -0.4 is 16.0 Å². The quantitative estimate of drug-likeness (QED) is 0.127. The number of fused-ring (bicyclic) bond motifs is 2. The summed E-state index contributed by atoms with van der Waals surface area (Å²) in [5.41, 5.74) is 1.02. The highest BCUT2D eigenvalue weighted by atomic mass is 19.3. The molecular weight excluding hydrogens is 602 g/mol. The van der Waals surface area contributed by atoms with Crippen LogP contribution in [0.25, 0.3) is 33.6 Å². The summed E-state index contributed by atoms with van der Waals surface area (Å²) in [5.74, 6) is -1.90. The van der Waals surface area contributed by atoms with Gasteiger partial charge < -0.3 is 20.5 Å². The van der Waals surface area contributed by atoms with Gasteiger partial charge in [-0.25, -0.2) is 18.7 Å². The zero-order valence-corrected chi connectivity index (χ0v) is 26.0. The minimum absolute atomic E-state index is 0.00381. The molecule has 1 saturated heterocycles. The molecule has 4 aromatic rings. The lowest BCUT2D eigenvalue weighted by Gasteiger charge is -2.27. The molecule has 0 radical (unpaired) electrons. The molecule has 2 amide bonds. The largest absolute Gasteiger partial charge is 0.348 e. The van der Waals surface area contributed by atoms with Crippen molar-refractivity contribution in [3.63, 3.8) is 0 Å². The Balaban J connectivity index is 1.40. The number of rotatable bonds is 12. The Hall–Kier alpha value is -4.00. The molecule has 4 heterocycles. The molecule has 0 bridgehead atoms. The maximum Gasteiger partial charge on any atom is 0.320 e. The van der Waals surface area contributed by atoms with Gasteiger partial charge in [-0.15, -0.1) is 0 Å². The summed E-state index contributed by atoms with van der Waals surface area (Å²) in [5, 5.41) is 9.24. The fraction of sp³-hybridized carbons (Fsp3) is 0.515. The number of nitrogens with zero attached hydrogens (tertiary/aromatic N) is 4. The van der Waals surface area contributed by atoms with Crippen molar-refractivity contribution in [2.45, 2.75) is 90.1 Å². The second kappa shape index (κ2) is 13.4. The molecule has 246 valence electrons. The first-order valence-corrected chi connectivity index (χ1v) is 16.1. The fourth-order valence-electron chi connectivity index (χ4n) is 6.12. The van der Waals surface area contributed by atoms with Crippen LogP contribution >= 0.6 is 0 Å². The van der Waals surface area contributed by atoms with Gasteiger partial charge in [-0.05, 0) is 63.4 Å². The topological polar surface area (TPSA) is 106 Å². The maximum atomic E-state index is 15.3. The van der Waals surface area contributed by atoms with Crippen molar-refractivity contribution in [1.82, 2.24) is 35.1 Å². The summed E-state index contributed by atoms with van der Waals surface area (Å²) >= 11 is 0. The van der Waals surface area contributed by atoms with Gasteiger partial charge in [-0.2, -0.15) is 8.78 Å². The van der Waals surface area contributed by atoms with Crippen LogP contribution in [0.2, 0.25) is 0 Å². The van der Waals surface area contributed by atoms with Crippen LogP contribution in [0.15, 0.2) is 30.3 Å². The van der Waals surface area contributed by atoms with Crippen LogP contribution in [0.1, 0.15) is 87.4 Å². The first-order chi connectivity index (χ1) is 22.2. The molecule has 6 rings (SSSR count). The Labute approximate surface area is 264 Å². The van der Waals surface area contributed by atoms with Crippen molar-refractivity contribution in [2.24, 2.45) is 5.92 Å². The Morgan fingerprint density at radius 3 is 2.61 bits per heavy atom. The number of unbranched alkanes of at least 4 members (excludes halogenated alkanes) is 3. The number of alkyl halides is 3.